The molecule has 0 saturated carbocycles. The van der Waals surface area contributed by atoms with Crippen molar-refractivity contribution >= 4 is 23.9 Å². The molecule has 0 bridgehead atoms. The average molecular weight is 326 g/mol. The number of rotatable bonds is 7. The Morgan fingerprint density at radius 2 is 1.71 bits per heavy atom. The van der Waals surface area contributed by atoms with Gasteiger partial charge in [0.25, 0.3) is 0 Å². The van der Waals surface area contributed by atoms with E-state index in [4.69, 9.17) is 10.2 Å². The SMILES string of the molecule is C/C=C/C=C/C(=O)OC(=O)CC(O)(CC(=O)O)C(=O)O.[H-].[K+]. The fourth-order valence-electron chi connectivity index (χ4n) is 1.13. The first kappa shape index (κ1) is 22.4. The molecular weight excluding hydrogens is 311 g/mol. The van der Waals surface area contributed by atoms with Crippen LogP contribution in [0.25, 0.3) is 0 Å². The molecule has 0 amide bonds. The summed E-state index contributed by atoms with van der Waals surface area (Å²) in [4.78, 5) is 43.6. The van der Waals surface area contributed by atoms with Gasteiger partial charge >= 0.3 is 75.3 Å². The van der Waals surface area contributed by atoms with Gasteiger partial charge in [-0.05, 0) is 6.92 Å². The van der Waals surface area contributed by atoms with Crippen molar-refractivity contribution < 1.29 is 92.0 Å². The Hall–Kier alpha value is -0.844. The zero-order chi connectivity index (χ0) is 15.8. The molecule has 0 aromatic heterocycles. The van der Waals surface area contributed by atoms with Gasteiger partial charge in [0.2, 0.25) is 0 Å². The molecule has 9 heteroatoms. The molecule has 0 spiro atoms. The minimum atomic E-state index is -2.82. The van der Waals surface area contributed by atoms with E-state index in [9.17, 15) is 24.3 Å². The Kier molecular flexibility index (Phi) is 11.6. The van der Waals surface area contributed by atoms with E-state index in [1.807, 2.05) is 0 Å². The van der Waals surface area contributed by atoms with E-state index in [-0.39, 0.29) is 52.8 Å². The van der Waals surface area contributed by atoms with E-state index in [0.717, 1.165) is 6.08 Å². The zero-order valence-electron chi connectivity index (χ0n) is 12.6. The van der Waals surface area contributed by atoms with E-state index in [0.29, 0.717) is 0 Å². The van der Waals surface area contributed by atoms with Gasteiger partial charge in [-0.2, -0.15) is 0 Å². The summed E-state index contributed by atoms with van der Waals surface area (Å²) in [7, 11) is 0. The maximum atomic E-state index is 11.3. The van der Waals surface area contributed by atoms with Crippen molar-refractivity contribution in [3.8, 4) is 0 Å². The number of aliphatic carboxylic acids is 2. The van der Waals surface area contributed by atoms with Crippen molar-refractivity contribution in [3.05, 3.63) is 24.3 Å². The van der Waals surface area contributed by atoms with Crippen LogP contribution in [0.4, 0.5) is 0 Å². The van der Waals surface area contributed by atoms with Gasteiger partial charge in [0, 0.05) is 6.08 Å². The monoisotopic (exact) mass is 326 g/mol. The van der Waals surface area contributed by atoms with Gasteiger partial charge < -0.3 is 21.5 Å². The number of aliphatic hydroxyl groups is 1. The van der Waals surface area contributed by atoms with Crippen LogP contribution in [0.5, 0.6) is 0 Å². The number of esters is 2. The standard InChI is InChI=1S/C12H14O8.K.H/c1-2-3-4-5-9(15)20-10(16)7-12(19,11(17)18)6-8(13)14;;/h2-5,19H,6-7H2,1H3,(H,13,14)(H,17,18);;/q;+1;-1/b3-2+,5-4+;;. The number of ether oxygens (including phenoxy) is 1. The second kappa shape index (κ2) is 10.8. The molecule has 3 N–H and O–H groups in total. The third kappa shape index (κ3) is 9.66. The third-order valence-corrected chi connectivity index (χ3v) is 2.03. The molecule has 1 atom stereocenters. The van der Waals surface area contributed by atoms with Gasteiger partial charge in [-0.25, -0.2) is 9.59 Å². The Balaban J connectivity index is -0.00000180. The van der Waals surface area contributed by atoms with Crippen LogP contribution in [-0.4, -0.2) is 44.8 Å². The van der Waals surface area contributed by atoms with E-state index in [1.54, 1.807) is 13.0 Å². The molecule has 0 rings (SSSR count). The van der Waals surface area contributed by atoms with E-state index in [1.165, 1.54) is 12.2 Å². The number of hydrogen-bond donors (Lipinski definition) is 3. The minimum absolute atomic E-state index is 0. The smallest absolute Gasteiger partial charge is 1.00 e. The van der Waals surface area contributed by atoms with Crippen molar-refractivity contribution in [1.82, 2.24) is 0 Å². The number of carboxylic acid groups (broad SMARTS) is 2. The number of allylic oxidation sites excluding steroid dienone is 3. The fourth-order valence-corrected chi connectivity index (χ4v) is 1.13. The van der Waals surface area contributed by atoms with Crippen LogP contribution < -0.4 is 51.4 Å². The minimum Gasteiger partial charge on any atom is -1.00 e. The van der Waals surface area contributed by atoms with Gasteiger partial charge in [-0.1, -0.05) is 18.2 Å². The molecule has 0 aliphatic rings. The summed E-state index contributed by atoms with van der Waals surface area (Å²) >= 11 is 0. The molecule has 8 nitrogen and oxygen atoms in total. The molecule has 21 heavy (non-hydrogen) atoms. The quantitative estimate of drug-likeness (QED) is 0.148. The summed E-state index contributed by atoms with van der Waals surface area (Å²) in [5.41, 5.74) is -2.82. The Morgan fingerprint density at radius 1 is 1.14 bits per heavy atom. The zero-order valence-corrected chi connectivity index (χ0v) is 14.7. The van der Waals surface area contributed by atoms with Crippen molar-refractivity contribution in [2.75, 3.05) is 0 Å². The Morgan fingerprint density at radius 3 is 2.14 bits per heavy atom. The van der Waals surface area contributed by atoms with E-state index >= 15 is 0 Å². The normalized spacial score (nSPS) is 13.4. The van der Waals surface area contributed by atoms with Gasteiger partial charge in [0.15, 0.2) is 5.60 Å². The molecule has 112 valence electrons. The topological polar surface area (TPSA) is 138 Å². The first-order chi connectivity index (χ1) is 9.21. The predicted octanol–water partition coefficient (Wildman–Crippen LogP) is -3.01. The van der Waals surface area contributed by atoms with Crippen LogP contribution in [0.2, 0.25) is 0 Å². The Bertz CT molecular complexity index is 474. The summed E-state index contributed by atoms with van der Waals surface area (Å²) in [6.45, 7) is 1.69. The maximum Gasteiger partial charge on any atom is 1.00 e. The van der Waals surface area contributed by atoms with Crippen molar-refractivity contribution in [2.45, 2.75) is 25.4 Å². The molecule has 0 saturated heterocycles. The van der Waals surface area contributed by atoms with Gasteiger partial charge in [0.05, 0.1) is 12.8 Å². The summed E-state index contributed by atoms with van der Waals surface area (Å²) in [6, 6.07) is 0. The first-order valence-corrected chi connectivity index (χ1v) is 5.43. The van der Waals surface area contributed by atoms with Gasteiger partial charge in [-0.3, -0.25) is 9.59 Å². The predicted molar refractivity (Wildman–Crippen MR) is 65.6 cm³/mol. The van der Waals surface area contributed by atoms with E-state index in [2.05, 4.69) is 4.74 Å². The molecule has 0 fully saturated rings. The van der Waals surface area contributed by atoms with Crippen molar-refractivity contribution in [1.29, 1.82) is 0 Å². The second-order valence-corrected chi connectivity index (χ2v) is 3.76. The molecule has 0 radical (unpaired) electrons. The number of carbonyl (C=O) groups is 4. The average Bonchev–Trinajstić information content (AvgIpc) is 2.27. The summed E-state index contributed by atoms with van der Waals surface area (Å²) in [5.74, 6) is -5.90. The largest absolute Gasteiger partial charge is 1.00 e. The van der Waals surface area contributed by atoms with Crippen LogP contribution >= 0.6 is 0 Å². The Labute approximate surface area is 164 Å². The number of hydrogen-bond acceptors (Lipinski definition) is 6. The van der Waals surface area contributed by atoms with Gasteiger partial charge in [-0.15, -0.1) is 0 Å². The van der Waals surface area contributed by atoms with Crippen LogP contribution in [0, 0.1) is 0 Å². The fraction of sp³-hybridized carbons (Fsp3) is 0.333. The summed E-state index contributed by atoms with van der Waals surface area (Å²) in [5, 5.41) is 26.7. The van der Waals surface area contributed by atoms with Crippen LogP contribution in [-0.2, 0) is 23.9 Å². The molecule has 0 aromatic rings. The molecular formula is C12H15KO8. The van der Waals surface area contributed by atoms with Crippen LogP contribution in [0.1, 0.15) is 21.2 Å². The molecule has 0 aromatic carbocycles. The van der Waals surface area contributed by atoms with Crippen molar-refractivity contribution in [2.24, 2.45) is 0 Å². The van der Waals surface area contributed by atoms with E-state index < -0.39 is 42.3 Å². The molecule has 0 aliphatic heterocycles. The maximum absolute atomic E-state index is 11.3. The summed E-state index contributed by atoms with van der Waals surface area (Å²) in [6.07, 6.45) is 2.95. The molecule has 0 aliphatic carbocycles. The van der Waals surface area contributed by atoms with Crippen LogP contribution in [0.3, 0.4) is 0 Å². The molecule has 0 heterocycles. The number of carboxylic acids is 2. The van der Waals surface area contributed by atoms with Gasteiger partial charge in [0.1, 0.15) is 0 Å². The van der Waals surface area contributed by atoms with Crippen molar-refractivity contribution in [3.63, 3.8) is 0 Å². The summed E-state index contributed by atoms with van der Waals surface area (Å²) < 4.78 is 4.21. The second-order valence-electron chi connectivity index (χ2n) is 3.76. The third-order valence-electron chi connectivity index (χ3n) is 2.03. The first-order valence-electron chi connectivity index (χ1n) is 5.43. The van der Waals surface area contributed by atoms with Crippen LogP contribution in [0.15, 0.2) is 24.3 Å². The number of carbonyl (C=O) groups excluding carboxylic acids is 2. The molecule has 1 unspecified atom stereocenters.